The molecule has 4 N–H and O–H groups in total. The first-order valence-electron chi connectivity index (χ1n) is 15.0. The quantitative estimate of drug-likeness (QED) is 0.230. The molecule has 14 heteroatoms. The number of halogens is 4. The van der Waals surface area contributed by atoms with Crippen LogP contribution in [0.25, 0.3) is 16.5 Å². The first-order chi connectivity index (χ1) is 22.2. The minimum atomic E-state index is -5.05. The standard InChI is InChI=1S/C33H29F4N5O5/c1-31(30(38)44)15-47-28-22(31)12-24(40-27(28)20-4-3-5-21(25(20)34)33(35,36)37)32(45,18-6-7-18)14-39-29(43)16-10-17-13-42(19-8-9-19)41-26(17)23(11-16)46-2/h5,10-13,18-19,45H,6-9,14-15H2,1-2H3,(H2,38,44)(H,39,43)/t31-,32+/m0/s1. The zero-order valence-electron chi connectivity index (χ0n) is 25.3. The summed E-state index contributed by atoms with van der Waals surface area (Å²) in [6, 6.07) is 4.91. The molecular weight excluding hydrogens is 622 g/mol. The molecule has 2 atom stereocenters. The van der Waals surface area contributed by atoms with Gasteiger partial charge in [-0.15, -0.1) is 0 Å². The van der Waals surface area contributed by atoms with Crippen molar-refractivity contribution in [2.45, 2.75) is 55.8 Å². The number of aromatic nitrogens is 3. The number of nitrogens with zero attached hydrogens (tertiary/aromatic N) is 3. The molecule has 244 valence electrons. The summed E-state index contributed by atoms with van der Waals surface area (Å²) in [5.74, 6) is -3.20. The van der Waals surface area contributed by atoms with Crippen molar-refractivity contribution in [1.82, 2.24) is 20.1 Å². The van der Waals surface area contributed by atoms with Crippen LogP contribution in [0.4, 0.5) is 17.6 Å². The Balaban J connectivity index is 1.28. The summed E-state index contributed by atoms with van der Waals surface area (Å²) < 4.78 is 69.4. The molecule has 7 rings (SSSR count). The number of allylic oxidation sites excluding steroid dienone is 4. The van der Waals surface area contributed by atoms with Crippen LogP contribution in [0.3, 0.4) is 0 Å². The van der Waals surface area contributed by atoms with Gasteiger partial charge >= 0.3 is 6.18 Å². The lowest BCUT2D eigenvalue weighted by atomic mass is 9.81. The van der Waals surface area contributed by atoms with E-state index in [1.54, 1.807) is 12.1 Å². The van der Waals surface area contributed by atoms with Crippen LogP contribution < -0.4 is 20.5 Å². The second-order valence-corrected chi connectivity index (χ2v) is 12.6. The molecule has 3 aromatic rings. The van der Waals surface area contributed by atoms with E-state index in [2.05, 4.69) is 26.9 Å². The van der Waals surface area contributed by atoms with Gasteiger partial charge in [0.25, 0.3) is 5.91 Å². The number of carbonyl (C=O) groups excluding carboxylic acids is 2. The van der Waals surface area contributed by atoms with Gasteiger partial charge in [-0.25, -0.2) is 9.37 Å². The number of nitrogens with two attached hydrogens (primary N) is 1. The van der Waals surface area contributed by atoms with Gasteiger partial charge in [0.2, 0.25) is 5.91 Å². The van der Waals surface area contributed by atoms with E-state index in [1.165, 1.54) is 20.1 Å². The van der Waals surface area contributed by atoms with Crippen LogP contribution in [-0.2, 0) is 15.8 Å². The van der Waals surface area contributed by atoms with Crippen LogP contribution in [0.2, 0.25) is 0 Å². The van der Waals surface area contributed by atoms with Crippen molar-refractivity contribution in [3.8, 4) is 11.5 Å². The van der Waals surface area contributed by atoms with Gasteiger partial charge in [-0.1, -0.05) is 11.5 Å². The second kappa shape index (κ2) is 10.6. The number of fused-ring (bicyclic) bond motifs is 2. The lowest BCUT2D eigenvalue weighted by Crippen LogP contribution is -2.44. The fraction of sp³-hybridized carbons (Fsp3) is 0.394. The van der Waals surface area contributed by atoms with E-state index in [1.807, 2.05) is 10.9 Å². The number of amides is 2. The lowest BCUT2D eigenvalue weighted by molar-refractivity contribution is -0.123. The first kappa shape index (κ1) is 30.7. The number of methoxy groups -OCH3 is 1. The molecule has 0 bridgehead atoms. The number of carbonyl (C=O) groups is 2. The Morgan fingerprint density at radius 1 is 1.23 bits per heavy atom. The Labute approximate surface area is 265 Å². The number of hydrogen-bond donors (Lipinski definition) is 3. The van der Waals surface area contributed by atoms with Crippen LogP contribution in [0.5, 0.6) is 11.5 Å². The van der Waals surface area contributed by atoms with Gasteiger partial charge in [-0.3, -0.25) is 14.3 Å². The zero-order valence-corrected chi connectivity index (χ0v) is 25.3. The monoisotopic (exact) mass is 651 g/mol. The number of nitrogens with one attached hydrogen (secondary N) is 1. The maximum Gasteiger partial charge on any atom is 0.419 e. The van der Waals surface area contributed by atoms with Gasteiger partial charge in [0.05, 0.1) is 31.0 Å². The Morgan fingerprint density at radius 2 is 1.98 bits per heavy atom. The molecule has 0 unspecified atom stereocenters. The number of primary amides is 1. The minimum absolute atomic E-state index is 0.101. The van der Waals surface area contributed by atoms with E-state index in [0.29, 0.717) is 41.6 Å². The highest BCUT2D eigenvalue weighted by Crippen LogP contribution is 2.50. The smallest absolute Gasteiger partial charge is 0.419 e. The molecule has 2 amide bonds. The topological polar surface area (TPSA) is 142 Å². The summed E-state index contributed by atoms with van der Waals surface area (Å²) in [5.41, 5.74) is 5.07. The molecule has 2 fully saturated rings. The van der Waals surface area contributed by atoms with Crippen LogP contribution in [0.15, 0.2) is 53.3 Å². The fourth-order valence-corrected chi connectivity index (χ4v) is 6.04. The SMILES string of the molecule is COc1cc(C(=O)NC[C@](O)(c2cc3c(c(C4=C=C=CC(C(F)(F)F)=C4F)n2)OC[C@]3(C)C(N)=O)C2CC2)cc2cn(C3CC3)nc12. The van der Waals surface area contributed by atoms with Crippen LogP contribution in [0, 0.1) is 5.92 Å². The Bertz CT molecular complexity index is 2010. The summed E-state index contributed by atoms with van der Waals surface area (Å²) in [6.45, 7) is 0.818. The number of pyridine rings is 1. The largest absolute Gasteiger partial charge is 0.494 e. The van der Waals surface area contributed by atoms with E-state index >= 15 is 4.39 Å². The number of rotatable bonds is 9. The van der Waals surface area contributed by atoms with Gasteiger partial charge < -0.3 is 25.6 Å². The first-order valence-corrected chi connectivity index (χ1v) is 15.0. The summed E-state index contributed by atoms with van der Waals surface area (Å²) >= 11 is 0. The minimum Gasteiger partial charge on any atom is -0.494 e. The molecule has 10 nitrogen and oxygen atoms in total. The molecule has 1 aliphatic heterocycles. The Hall–Kier alpha value is -4.90. The predicted molar refractivity (Wildman–Crippen MR) is 159 cm³/mol. The number of hydrogen-bond acceptors (Lipinski definition) is 7. The maximum absolute atomic E-state index is 15.4. The summed E-state index contributed by atoms with van der Waals surface area (Å²) in [7, 11) is 1.47. The molecular formula is C33H29F4N5O5. The van der Waals surface area contributed by atoms with E-state index in [0.717, 1.165) is 12.8 Å². The average molecular weight is 652 g/mol. The molecule has 3 aliphatic carbocycles. The van der Waals surface area contributed by atoms with Crippen LogP contribution in [-0.4, -0.2) is 58.1 Å². The third kappa shape index (κ3) is 5.09. The molecule has 2 saturated carbocycles. The highest BCUT2D eigenvalue weighted by Gasteiger charge is 2.51. The average Bonchev–Trinajstić information content (AvgIpc) is 3.98. The van der Waals surface area contributed by atoms with Crippen molar-refractivity contribution in [1.29, 1.82) is 0 Å². The summed E-state index contributed by atoms with van der Waals surface area (Å²) in [6.07, 6.45) is 0.351. The fourth-order valence-electron chi connectivity index (χ4n) is 6.04. The van der Waals surface area contributed by atoms with Gasteiger partial charge in [0.1, 0.15) is 40.2 Å². The third-order valence-electron chi connectivity index (χ3n) is 9.24. The van der Waals surface area contributed by atoms with Gasteiger partial charge in [0, 0.05) is 28.8 Å². The van der Waals surface area contributed by atoms with E-state index in [4.69, 9.17) is 15.2 Å². The number of ether oxygens (including phenoxy) is 2. The Morgan fingerprint density at radius 3 is 2.62 bits per heavy atom. The molecule has 0 spiro atoms. The van der Waals surface area contributed by atoms with Crippen LogP contribution in [0.1, 0.15) is 66.0 Å². The summed E-state index contributed by atoms with van der Waals surface area (Å²) in [5, 5.41) is 20.2. The molecule has 47 heavy (non-hydrogen) atoms. The van der Waals surface area contributed by atoms with E-state index in [9.17, 15) is 27.9 Å². The highest BCUT2D eigenvalue weighted by atomic mass is 19.4. The predicted octanol–water partition coefficient (Wildman–Crippen LogP) is 4.43. The molecule has 0 saturated heterocycles. The number of alkyl halides is 3. The number of aliphatic hydroxyl groups is 1. The maximum atomic E-state index is 15.4. The van der Waals surface area contributed by atoms with Gasteiger partial charge in [-0.05, 0) is 56.7 Å². The second-order valence-electron chi connectivity index (χ2n) is 12.6. The third-order valence-corrected chi connectivity index (χ3v) is 9.24. The van der Waals surface area contributed by atoms with Gasteiger partial charge in [0.15, 0.2) is 11.6 Å². The van der Waals surface area contributed by atoms with E-state index in [-0.39, 0.29) is 35.7 Å². The molecule has 2 aromatic heterocycles. The Kier molecular flexibility index (Phi) is 6.91. The molecule has 3 heterocycles. The molecule has 4 aliphatic rings. The summed E-state index contributed by atoms with van der Waals surface area (Å²) in [4.78, 5) is 30.5. The van der Waals surface area contributed by atoms with Crippen molar-refractivity contribution in [2.75, 3.05) is 20.3 Å². The zero-order chi connectivity index (χ0) is 33.5. The molecule has 1 aromatic carbocycles. The van der Waals surface area contributed by atoms with Crippen molar-refractivity contribution in [3.63, 3.8) is 0 Å². The molecule has 0 radical (unpaired) electrons. The van der Waals surface area contributed by atoms with Crippen molar-refractivity contribution >= 4 is 28.3 Å². The normalized spacial score (nSPS) is 21.7. The number of benzene rings is 1. The highest BCUT2D eigenvalue weighted by molar-refractivity contribution is 6.00. The van der Waals surface area contributed by atoms with Crippen molar-refractivity contribution in [3.05, 3.63) is 75.8 Å². The van der Waals surface area contributed by atoms with Crippen molar-refractivity contribution in [2.24, 2.45) is 11.7 Å². The van der Waals surface area contributed by atoms with E-state index < -0.39 is 57.6 Å². The van der Waals surface area contributed by atoms with Crippen LogP contribution >= 0.6 is 0 Å². The van der Waals surface area contributed by atoms with Crippen molar-refractivity contribution < 1.29 is 41.7 Å². The lowest BCUT2D eigenvalue weighted by Gasteiger charge is -2.30. The van der Waals surface area contributed by atoms with Gasteiger partial charge in [-0.2, -0.15) is 18.3 Å².